The molecule has 6 heteroatoms. The number of benzene rings is 1. The average molecular weight is 330 g/mol. The van der Waals surface area contributed by atoms with Gasteiger partial charge in [0.2, 0.25) is 5.91 Å². The molecular formula is C18H23FN4O. The minimum atomic E-state index is -0.697. The number of aromatic nitrogens is 2. The molecule has 3 rings (SSSR count). The number of nitrogens with zero attached hydrogens (tertiary/aromatic N) is 3. The first-order chi connectivity index (χ1) is 11.5. The van der Waals surface area contributed by atoms with E-state index < -0.39 is 5.41 Å². The number of hydrogen-bond donors (Lipinski definition) is 1. The monoisotopic (exact) mass is 330 g/mol. The Hall–Kier alpha value is -2.21. The van der Waals surface area contributed by atoms with E-state index in [9.17, 15) is 9.18 Å². The van der Waals surface area contributed by atoms with Crippen LogP contribution in [0.1, 0.15) is 24.1 Å². The molecule has 2 aromatic rings. The number of carbonyl (C=O) groups excluding carboxylic acids is 1. The van der Waals surface area contributed by atoms with Gasteiger partial charge in [-0.3, -0.25) is 4.79 Å². The van der Waals surface area contributed by atoms with E-state index in [4.69, 9.17) is 0 Å². The highest BCUT2D eigenvalue weighted by atomic mass is 19.1. The summed E-state index contributed by atoms with van der Waals surface area (Å²) >= 11 is 0. The lowest BCUT2D eigenvalue weighted by molar-refractivity contribution is -0.134. The number of amides is 1. The second kappa shape index (κ2) is 6.73. The van der Waals surface area contributed by atoms with Gasteiger partial charge in [-0.2, -0.15) is 0 Å². The summed E-state index contributed by atoms with van der Waals surface area (Å²) in [7, 11) is 3.95. The summed E-state index contributed by atoms with van der Waals surface area (Å²) in [5.74, 6) is -0.290. The molecule has 0 aliphatic heterocycles. The molecule has 0 saturated heterocycles. The number of aromatic amines is 1. The van der Waals surface area contributed by atoms with E-state index in [0.29, 0.717) is 31.5 Å². The van der Waals surface area contributed by atoms with Crippen molar-refractivity contribution in [2.75, 3.05) is 27.2 Å². The van der Waals surface area contributed by atoms with Crippen LogP contribution in [-0.2, 0) is 16.8 Å². The lowest BCUT2D eigenvalue weighted by Gasteiger charge is -2.28. The van der Waals surface area contributed by atoms with Crippen LogP contribution >= 0.6 is 0 Å². The summed E-state index contributed by atoms with van der Waals surface area (Å²) < 4.78 is 14.2. The molecule has 5 nitrogen and oxygen atoms in total. The van der Waals surface area contributed by atoms with Crippen LogP contribution in [0.15, 0.2) is 36.8 Å². The largest absolute Gasteiger partial charge is 0.347 e. The van der Waals surface area contributed by atoms with Gasteiger partial charge < -0.3 is 14.8 Å². The third-order valence-corrected chi connectivity index (χ3v) is 4.57. The fraction of sp³-hybridized carbons (Fsp3) is 0.444. The second-order valence-electron chi connectivity index (χ2n) is 6.67. The van der Waals surface area contributed by atoms with Crippen molar-refractivity contribution in [2.24, 2.45) is 0 Å². The van der Waals surface area contributed by atoms with E-state index in [1.165, 1.54) is 6.07 Å². The Balaban J connectivity index is 1.83. The number of halogens is 1. The topological polar surface area (TPSA) is 52.2 Å². The van der Waals surface area contributed by atoms with Gasteiger partial charge in [0.05, 0.1) is 24.0 Å². The summed E-state index contributed by atoms with van der Waals surface area (Å²) in [5, 5.41) is 0. The van der Waals surface area contributed by atoms with Crippen molar-refractivity contribution in [3.63, 3.8) is 0 Å². The minimum absolute atomic E-state index is 0.00375. The van der Waals surface area contributed by atoms with Gasteiger partial charge in [-0.15, -0.1) is 0 Å². The summed E-state index contributed by atoms with van der Waals surface area (Å²) in [6.07, 6.45) is 4.73. The van der Waals surface area contributed by atoms with Crippen LogP contribution < -0.4 is 0 Å². The van der Waals surface area contributed by atoms with Crippen LogP contribution in [-0.4, -0.2) is 52.9 Å². The molecule has 1 saturated carbocycles. The lowest BCUT2D eigenvalue weighted by atomic mass is 9.93. The van der Waals surface area contributed by atoms with Gasteiger partial charge in [0.15, 0.2) is 0 Å². The van der Waals surface area contributed by atoms with E-state index in [0.717, 1.165) is 12.2 Å². The number of rotatable bonds is 7. The summed E-state index contributed by atoms with van der Waals surface area (Å²) in [6, 6.07) is 6.63. The van der Waals surface area contributed by atoms with Crippen molar-refractivity contribution in [1.29, 1.82) is 0 Å². The Kier molecular flexibility index (Phi) is 4.66. The van der Waals surface area contributed by atoms with E-state index in [2.05, 4.69) is 9.97 Å². The Morgan fingerprint density at radius 2 is 2.04 bits per heavy atom. The molecule has 1 aliphatic rings. The minimum Gasteiger partial charge on any atom is -0.347 e. The van der Waals surface area contributed by atoms with Crippen molar-refractivity contribution in [3.05, 3.63) is 53.9 Å². The van der Waals surface area contributed by atoms with Gasteiger partial charge in [0.1, 0.15) is 5.82 Å². The van der Waals surface area contributed by atoms with Crippen LogP contribution in [0.2, 0.25) is 0 Å². The normalized spacial score (nSPS) is 15.5. The van der Waals surface area contributed by atoms with E-state index in [-0.39, 0.29) is 11.7 Å². The number of carbonyl (C=O) groups is 1. The fourth-order valence-corrected chi connectivity index (χ4v) is 3.03. The quantitative estimate of drug-likeness (QED) is 0.846. The first-order valence-electron chi connectivity index (χ1n) is 8.19. The SMILES string of the molecule is CN(C)CCN(Cc1cnc[nH]1)C(=O)C1(c2ccccc2F)CC1. The molecule has 1 aromatic heterocycles. The third-order valence-electron chi connectivity index (χ3n) is 4.57. The maximum absolute atomic E-state index is 14.2. The average Bonchev–Trinajstić information content (AvgIpc) is 3.20. The van der Waals surface area contributed by atoms with Gasteiger partial charge in [-0.05, 0) is 33.0 Å². The number of likely N-dealkylation sites (N-methyl/N-ethyl adjacent to an activating group) is 1. The summed E-state index contributed by atoms with van der Waals surface area (Å²) in [6.45, 7) is 1.82. The van der Waals surface area contributed by atoms with Crippen LogP contribution in [0.5, 0.6) is 0 Å². The van der Waals surface area contributed by atoms with Gasteiger partial charge in [-0.1, -0.05) is 18.2 Å². The maximum Gasteiger partial charge on any atom is 0.233 e. The third kappa shape index (κ3) is 3.33. The molecule has 1 amide bonds. The Bertz CT molecular complexity index is 695. The van der Waals surface area contributed by atoms with Crippen LogP contribution in [0.4, 0.5) is 4.39 Å². The Morgan fingerprint density at radius 1 is 1.29 bits per heavy atom. The van der Waals surface area contributed by atoms with Crippen molar-refractivity contribution in [3.8, 4) is 0 Å². The highest BCUT2D eigenvalue weighted by Crippen LogP contribution is 2.50. The fourth-order valence-electron chi connectivity index (χ4n) is 3.03. The molecule has 1 aliphatic carbocycles. The zero-order chi connectivity index (χ0) is 17.2. The molecular weight excluding hydrogens is 307 g/mol. The summed E-state index contributed by atoms with van der Waals surface area (Å²) in [4.78, 5) is 24.1. The molecule has 24 heavy (non-hydrogen) atoms. The molecule has 1 heterocycles. The number of nitrogens with one attached hydrogen (secondary N) is 1. The smallest absolute Gasteiger partial charge is 0.233 e. The predicted octanol–water partition coefficient (Wildman–Crippen LogP) is 2.17. The van der Waals surface area contributed by atoms with Crippen LogP contribution in [0.25, 0.3) is 0 Å². The molecule has 1 aromatic carbocycles. The van der Waals surface area contributed by atoms with Crippen LogP contribution in [0.3, 0.4) is 0 Å². The number of hydrogen-bond acceptors (Lipinski definition) is 3. The van der Waals surface area contributed by atoms with Gasteiger partial charge in [0.25, 0.3) is 0 Å². The van der Waals surface area contributed by atoms with Gasteiger partial charge >= 0.3 is 0 Å². The van der Waals surface area contributed by atoms with Gasteiger partial charge in [0, 0.05) is 24.8 Å². The van der Waals surface area contributed by atoms with E-state index >= 15 is 0 Å². The van der Waals surface area contributed by atoms with Crippen molar-refractivity contribution >= 4 is 5.91 Å². The Morgan fingerprint density at radius 3 is 2.62 bits per heavy atom. The molecule has 0 unspecified atom stereocenters. The molecule has 0 atom stereocenters. The van der Waals surface area contributed by atoms with E-state index in [1.807, 2.05) is 23.9 Å². The lowest BCUT2D eigenvalue weighted by Crippen LogP contribution is -2.42. The molecule has 0 radical (unpaired) electrons. The first kappa shape index (κ1) is 16.6. The second-order valence-corrected chi connectivity index (χ2v) is 6.67. The van der Waals surface area contributed by atoms with Crippen molar-refractivity contribution < 1.29 is 9.18 Å². The van der Waals surface area contributed by atoms with Crippen LogP contribution in [0, 0.1) is 5.82 Å². The first-order valence-corrected chi connectivity index (χ1v) is 8.19. The molecule has 128 valence electrons. The molecule has 1 fully saturated rings. The predicted molar refractivity (Wildman–Crippen MR) is 89.9 cm³/mol. The summed E-state index contributed by atoms with van der Waals surface area (Å²) in [5.41, 5.74) is 0.707. The number of imidazole rings is 1. The highest BCUT2D eigenvalue weighted by molar-refractivity contribution is 5.91. The number of H-pyrrole nitrogens is 1. The molecule has 0 spiro atoms. The van der Waals surface area contributed by atoms with E-state index in [1.54, 1.807) is 30.7 Å². The van der Waals surface area contributed by atoms with Gasteiger partial charge in [-0.25, -0.2) is 9.37 Å². The van der Waals surface area contributed by atoms with Crippen molar-refractivity contribution in [1.82, 2.24) is 19.8 Å². The molecule has 1 N–H and O–H groups in total. The zero-order valence-electron chi connectivity index (χ0n) is 14.1. The Labute approximate surface area is 141 Å². The van der Waals surface area contributed by atoms with Crippen molar-refractivity contribution in [2.45, 2.75) is 24.8 Å². The zero-order valence-corrected chi connectivity index (χ0v) is 14.1. The molecule has 0 bridgehead atoms. The maximum atomic E-state index is 14.2. The highest BCUT2D eigenvalue weighted by Gasteiger charge is 2.54. The standard InChI is InChI=1S/C18H23FN4O/c1-22(2)9-10-23(12-14-11-20-13-21-14)17(24)18(7-8-18)15-5-3-4-6-16(15)19/h3-6,11,13H,7-10,12H2,1-2H3,(H,20,21).